The molecule has 0 radical (unpaired) electrons. The summed E-state index contributed by atoms with van der Waals surface area (Å²) in [5.41, 5.74) is 5.48. The Balaban J connectivity index is 2.81. The zero-order valence-electron chi connectivity index (χ0n) is 9.49. The van der Waals surface area contributed by atoms with Crippen molar-refractivity contribution in [2.45, 2.75) is 25.9 Å². The maximum Gasteiger partial charge on any atom is 0.292 e. The van der Waals surface area contributed by atoms with Gasteiger partial charge in [-0.2, -0.15) is 0 Å². The average Bonchev–Trinajstić information content (AvgIpc) is 2.51. The molecule has 82 valence electrons. The molecule has 0 aromatic heterocycles. The lowest BCUT2D eigenvalue weighted by atomic mass is 10.3. The zero-order valence-corrected chi connectivity index (χ0v) is 9.49. The number of likely N-dealkylation sites (tertiary alicyclic amines) is 1. The van der Waals surface area contributed by atoms with Crippen LogP contribution in [0.4, 0.5) is 0 Å². The van der Waals surface area contributed by atoms with E-state index in [4.69, 9.17) is 5.73 Å². The molecule has 4 nitrogen and oxygen atoms in total. The molecule has 1 heterocycles. The fourth-order valence-electron chi connectivity index (χ4n) is 2.48. The van der Waals surface area contributed by atoms with Crippen molar-refractivity contribution in [3.63, 3.8) is 0 Å². The normalized spacial score (nSPS) is 22.6. The lowest BCUT2D eigenvalue weighted by Crippen LogP contribution is -2.62. The number of amides is 1. The molecule has 14 heavy (non-hydrogen) atoms. The molecular formula is C10H22N3O+. The molecular weight excluding hydrogens is 178 g/mol. The number of primary amides is 1. The predicted octanol–water partition coefficient (Wildman–Crippen LogP) is -0.0101. The first kappa shape index (κ1) is 11.5. The van der Waals surface area contributed by atoms with E-state index in [1.165, 1.54) is 12.8 Å². The number of carbonyl (C=O) groups excluding carboxylic acids is 1. The van der Waals surface area contributed by atoms with Gasteiger partial charge in [0.25, 0.3) is 5.91 Å². The van der Waals surface area contributed by atoms with Crippen molar-refractivity contribution >= 4 is 5.91 Å². The fourth-order valence-corrected chi connectivity index (χ4v) is 2.48. The number of carbonyl (C=O) groups is 1. The zero-order chi connectivity index (χ0) is 10.8. The maximum atomic E-state index is 11.5. The van der Waals surface area contributed by atoms with Crippen LogP contribution >= 0.6 is 0 Å². The van der Waals surface area contributed by atoms with Crippen molar-refractivity contribution in [1.29, 1.82) is 0 Å². The van der Waals surface area contributed by atoms with Gasteiger partial charge in [-0.3, -0.25) is 4.79 Å². The topological polar surface area (TPSA) is 46.3 Å². The van der Waals surface area contributed by atoms with E-state index in [1.54, 1.807) is 0 Å². The van der Waals surface area contributed by atoms with Crippen molar-refractivity contribution in [3.8, 4) is 0 Å². The maximum absolute atomic E-state index is 11.5. The number of likely N-dealkylation sites (N-methyl/N-ethyl adjacent to an activating group) is 2. The summed E-state index contributed by atoms with van der Waals surface area (Å²) in [5.74, 6) is -0.196. The van der Waals surface area contributed by atoms with E-state index in [2.05, 4.69) is 14.0 Å². The first-order valence-electron chi connectivity index (χ1n) is 5.35. The van der Waals surface area contributed by atoms with Gasteiger partial charge >= 0.3 is 0 Å². The molecule has 0 aromatic rings. The van der Waals surface area contributed by atoms with Gasteiger partial charge in [0.05, 0.1) is 20.1 Å². The number of quaternary nitrogens is 1. The van der Waals surface area contributed by atoms with Crippen LogP contribution in [0.3, 0.4) is 0 Å². The highest BCUT2D eigenvalue weighted by atomic mass is 16.2. The monoisotopic (exact) mass is 200 g/mol. The van der Waals surface area contributed by atoms with E-state index < -0.39 is 0 Å². The molecule has 4 heteroatoms. The molecule has 0 aromatic carbocycles. The van der Waals surface area contributed by atoms with E-state index in [1.807, 2.05) is 11.9 Å². The Kier molecular flexibility index (Phi) is 3.50. The SMILES string of the molecule is CCN(C)C(C(N)=O)[N+]1(C)CCCC1. The molecule has 0 saturated carbocycles. The van der Waals surface area contributed by atoms with Gasteiger partial charge in [0.2, 0.25) is 6.17 Å². The largest absolute Gasteiger partial charge is 0.363 e. The molecule has 0 bridgehead atoms. The Labute approximate surface area is 86.2 Å². The van der Waals surface area contributed by atoms with Crippen LogP contribution in [0.15, 0.2) is 0 Å². The smallest absolute Gasteiger partial charge is 0.292 e. The average molecular weight is 200 g/mol. The van der Waals surface area contributed by atoms with Crippen LogP contribution in [0.1, 0.15) is 19.8 Å². The van der Waals surface area contributed by atoms with E-state index in [0.717, 1.165) is 24.1 Å². The number of hydrogen-bond donors (Lipinski definition) is 1. The van der Waals surface area contributed by atoms with Crippen molar-refractivity contribution in [2.75, 3.05) is 33.7 Å². The minimum absolute atomic E-state index is 0.150. The quantitative estimate of drug-likeness (QED) is 0.649. The van der Waals surface area contributed by atoms with Gasteiger partial charge in [-0.1, -0.05) is 6.92 Å². The Bertz CT molecular complexity index is 211. The summed E-state index contributed by atoms with van der Waals surface area (Å²) in [4.78, 5) is 13.5. The second-order valence-electron chi connectivity index (χ2n) is 4.48. The number of nitrogens with two attached hydrogens (primary N) is 1. The van der Waals surface area contributed by atoms with Crippen LogP contribution in [-0.4, -0.2) is 55.2 Å². The summed E-state index contributed by atoms with van der Waals surface area (Å²) in [6.07, 6.45) is 2.26. The molecule has 0 aliphatic carbocycles. The van der Waals surface area contributed by atoms with Crippen molar-refractivity contribution in [1.82, 2.24) is 4.90 Å². The van der Waals surface area contributed by atoms with Crippen molar-refractivity contribution in [2.24, 2.45) is 5.73 Å². The molecule has 1 rings (SSSR count). The van der Waals surface area contributed by atoms with Crippen LogP contribution in [0.5, 0.6) is 0 Å². The highest BCUT2D eigenvalue weighted by Gasteiger charge is 2.41. The van der Waals surface area contributed by atoms with Crippen molar-refractivity contribution in [3.05, 3.63) is 0 Å². The molecule has 1 saturated heterocycles. The van der Waals surface area contributed by atoms with Gasteiger partial charge in [-0.25, -0.2) is 4.90 Å². The summed E-state index contributed by atoms with van der Waals surface area (Å²) in [6, 6.07) is 0. The van der Waals surface area contributed by atoms with Crippen molar-refractivity contribution < 1.29 is 9.28 Å². The van der Waals surface area contributed by atoms with Crippen LogP contribution < -0.4 is 5.73 Å². The first-order chi connectivity index (χ1) is 6.51. The minimum Gasteiger partial charge on any atom is -0.363 e. The highest BCUT2D eigenvalue weighted by molar-refractivity contribution is 5.78. The fraction of sp³-hybridized carbons (Fsp3) is 0.900. The second-order valence-corrected chi connectivity index (χ2v) is 4.48. The number of rotatable bonds is 4. The lowest BCUT2D eigenvalue weighted by Gasteiger charge is -2.40. The second kappa shape index (κ2) is 4.28. The standard InChI is InChI=1S/C10H21N3O/c1-4-12(2)10(9(11)14)13(3)7-5-6-8-13/h10H,4-8H2,1-3H3,(H-,11,14)/p+1. The van der Waals surface area contributed by atoms with E-state index in [-0.39, 0.29) is 12.1 Å². The van der Waals surface area contributed by atoms with Crippen LogP contribution in [0.2, 0.25) is 0 Å². The molecule has 0 spiro atoms. The van der Waals surface area contributed by atoms with Crippen LogP contribution in [-0.2, 0) is 4.79 Å². The Morgan fingerprint density at radius 1 is 1.50 bits per heavy atom. The van der Waals surface area contributed by atoms with Gasteiger partial charge in [0, 0.05) is 19.4 Å². The van der Waals surface area contributed by atoms with E-state index in [9.17, 15) is 4.79 Å². The van der Waals surface area contributed by atoms with Crippen LogP contribution in [0, 0.1) is 0 Å². The molecule has 1 aliphatic heterocycles. The molecule has 1 atom stereocenters. The minimum atomic E-state index is -0.196. The Hall–Kier alpha value is -0.610. The highest BCUT2D eigenvalue weighted by Crippen LogP contribution is 2.22. The summed E-state index contributed by atoms with van der Waals surface area (Å²) in [5, 5.41) is 0. The number of nitrogens with zero attached hydrogens (tertiary/aromatic N) is 2. The Morgan fingerprint density at radius 2 is 2.00 bits per heavy atom. The number of hydrogen-bond acceptors (Lipinski definition) is 2. The third-order valence-corrected chi connectivity index (χ3v) is 3.35. The third kappa shape index (κ3) is 2.07. The van der Waals surface area contributed by atoms with E-state index in [0.29, 0.717) is 0 Å². The summed E-state index contributed by atoms with van der Waals surface area (Å²) < 4.78 is 0.791. The van der Waals surface area contributed by atoms with Gasteiger partial charge in [-0.15, -0.1) is 0 Å². The van der Waals surface area contributed by atoms with Gasteiger partial charge in [0.1, 0.15) is 0 Å². The first-order valence-corrected chi connectivity index (χ1v) is 5.35. The molecule has 1 aliphatic rings. The lowest BCUT2D eigenvalue weighted by molar-refractivity contribution is -0.923. The molecule has 1 unspecified atom stereocenters. The van der Waals surface area contributed by atoms with Crippen LogP contribution in [0.25, 0.3) is 0 Å². The molecule has 2 N–H and O–H groups in total. The van der Waals surface area contributed by atoms with Gasteiger partial charge in [0.15, 0.2) is 0 Å². The molecule has 1 fully saturated rings. The summed E-state index contributed by atoms with van der Waals surface area (Å²) in [7, 11) is 4.10. The van der Waals surface area contributed by atoms with E-state index >= 15 is 0 Å². The van der Waals surface area contributed by atoms with Gasteiger partial charge in [-0.05, 0) is 7.05 Å². The van der Waals surface area contributed by atoms with Gasteiger partial charge < -0.3 is 10.2 Å². The Morgan fingerprint density at radius 3 is 2.36 bits per heavy atom. The summed E-state index contributed by atoms with van der Waals surface area (Å²) in [6.45, 7) is 5.05. The summed E-state index contributed by atoms with van der Waals surface area (Å²) >= 11 is 0. The third-order valence-electron chi connectivity index (χ3n) is 3.35. The molecule has 1 amide bonds. The predicted molar refractivity (Wildman–Crippen MR) is 56.4 cm³/mol.